The molecule has 2 atom stereocenters. The van der Waals surface area contributed by atoms with E-state index in [4.69, 9.17) is 9.97 Å². The number of benzene rings is 1. The summed E-state index contributed by atoms with van der Waals surface area (Å²) in [5, 5.41) is 3.60. The Hall–Kier alpha value is -3.32. The molecule has 31 heavy (non-hydrogen) atoms. The number of piperidine rings is 2. The van der Waals surface area contributed by atoms with E-state index in [0.717, 1.165) is 52.8 Å². The maximum absolute atomic E-state index is 13.6. The molecular weight excluding hydrogens is 391 g/mol. The van der Waals surface area contributed by atoms with Crippen molar-refractivity contribution in [3.05, 3.63) is 66.2 Å². The number of fused-ring (bicyclic) bond motifs is 4. The van der Waals surface area contributed by atoms with Crippen LogP contribution < -0.4 is 10.2 Å². The standard InChI is InChI=1S/C24H23FN6/c1-15-12-19(10-11-26-15)31-23(16-2-4-17(25)5-3-16)28-21-8-9-22(29-24(21)31)30-14-18-6-7-20(30)13-27-18/h2-5,8-12,18,20,27H,6-7,13-14H2,1H3/t18-,20-/m1/s1. The average molecular weight is 414 g/mol. The Bertz CT molecular complexity index is 1260. The number of nitrogens with zero attached hydrogens (tertiary/aromatic N) is 5. The van der Waals surface area contributed by atoms with Crippen molar-refractivity contribution in [2.75, 3.05) is 18.0 Å². The number of piperazine rings is 1. The molecule has 0 unspecified atom stereocenters. The van der Waals surface area contributed by atoms with Crippen LogP contribution in [-0.2, 0) is 0 Å². The number of aromatic nitrogens is 4. The molecule has 3 fully saturated rings. The molecule has 7 rings (SSSR count). The second kappa shape index (κ2) is 7.13. The average Bonchev–Trinajstić information content (AvgIpc) is 3.19. The number of aryl methyl sites for hydroxylation is 1. The van der Waals surface area contributed by atoms with Gasteiger partial charge in [0.25, 0.3) is 0 Å². The van der Waals surface area contributed by atoms with Gasteiger partial charge in [-0.1, -0.05) is 0 Å². The van der Waals surface area contributed by atoms with Crippen LogP contribution in [0.5, 0.6) is 0 Å². The summed E-state index contributed by atoms with van der Waals surface area (Å²) in [7, 11) is 0. The summed E-state index contributed by atoms with van der Waals surface area (Å²) >= 11 is 0. The van der Waals surface area contributed by atoms with Crippen molar-refractivity contribution in [1.82, 2.24) is 24.8 Å². The fourth-order valence-corrected chi connectivity index (χ4v) is 4.80. The summed E-state index contributed by atoms with van der Waals surface area (Å²) in [6, 6.07) is 15.6. The second-order valence-electron chi connectivity index (χ2n) is 8.43. The molecule has 3 aliphatic heterocycles. The molecule has 6 nitrogen and oxygen atoms in total. The molecule has 1 N–H and O–H groups in total. The topological polar surface area (TPSA) is 58.9 Å². The van der Waals surface area contributed by atoms with Crippen molar-refractivity contribution in [1.29, 1.82) is 0 Å². The minimum atomic E-state index is -0.264. The first-order chi connectivity index (χ1) is 15.2. The summed E-state index contributed by atoms with van der Waals surface area (Å²) in [4.78, 5) is 16.7. The van der Waals surface area contributed by atoms with Gasteiger partial charge in [-0.15, -0.1) is 0 Å². The van der Waals surface area contributed by atoms with E-state index in [1.54, 1.807) is 18.3 Å². The number of hydrogen-bond donors (Lipinski definition) is 1. The molecule has 0 saturated carbocycles. The summed E-state index contributed by atoms with van der Waals surface area (Å²) in [5.74, 6) is 1.47. The molecule has 3 aromatic heterocycles. The zero-order valence-corrected chi connectivity index (χ0v) is 17.3. The Kier molecular flexibility index (Phi) is 4.24. The van der Waals surface area contributed by atoms with E-state index >= 15 is 0 Å². The Balaban J connectivity index is 1.55. The van der Waals surface area contributed by atoms with Crippen molar-refractivity contribution in [3.63, 3.8) is 0 Å². The maximum Gasteiger partial charge on any atom is 0.167 e. The Labute approximate surface area is 179 Å². The van der Waals surface area contributed by atoms with E-state index in [-0.39, 0.29) is 5.82 Å². The lowest BCUT2D eigenvalue weighted by Crippen LogP contribution is -2.61. The van der Waals surface area contributed by atoms with Gasteiger partial charge in [-0.25, -0.2) is 14.4 Å². The maximum atomic E-state index is 13.6. The van der Waals surface area contributed by atoms with Gasteiger partial charge in [-0.05, 0) is 68.3 Å². The molecule has 0 radical (unpaired) electrons. The van der Waals surface area contributed by atoms with E-state index in [0.29, 0.717) is 12.1 Å². The number of pyridine rings is 2. The zero-order chi connectivity index (χ0) is 20.9. The Morgan fingerprint density at radius 1 is 1.03 bits per heavy atom. The first-order valence-corrected chi connectivity index (χ1v) is 10.7. The van der Waals surface area contributed by atoms with Crippen molar-refractivity contribution >= 4 is 17.0 Å². The van der Waals surface area contributed by atoms with Crippen LogP contribution in [0.4, 0.5) is 10.2 Å². The Morgan fingerprint density at radius 3 is 2.61 bits per heavy atom. The predicted octanol–water partition coefficient (Wildman–Crippen LogP) is 3.87. The van der Waals surface area contributed by atoms with Crippen LogP contribution in [0.25, 0.3) is 28.2 Å². The lowest BCUT2D eigenvalue weighted by atomic mass is 9.93. The number of anilines is 1. The highest BCUT2D eigenvalue weighted by molar-refractivity contribution is 5.81. The molecule has 0 aliphatic carbocycles. The quantitative estimate of drug-likeness (QED) is 0.552. The van der Waals surface area contributed by atoms with Gasteiger partial charge in [0.1, 0.15) is 23.0 Å². The highest BCUT2D eigenvalue weighted by Crippen LogP contribution is 2.32. The number of halogens is 1. The van der Waals surface area contributed by atoms with Gasteiger partial charge in [-0.3, -0.25) is 9.55 Å². The number of imidazole rings is 1. The highest BCUT2D eigenvalue weighted by atomic mass is 19.1. The van der Waals surface area contributed by atoms with Crippen molar-refractivity contribution in [2.45, 2.75) is 31.8 Å². The van der Waals surface area contributed by atoms with Crippen LogP contribution in [0, 0.1) is 12.7 Å². The van der Waals surface area contributed by atoms with Crippen molar-refractivity contribution in [3.8, 4) is 17.1 Å². The molecule has 0 spiro atoms. The first kappa shape index (κ1) is 18.4. The third-order valence-corrected chi connectivity index (χ3v) is 6.37. The van der Waals surface area contributed by atoms with Crippen LogP contribution in [-0.4, -0.2) is 44.7 Å². The fraction of sp³-hybridized carbons (Fsp3) is 0.292. The molecule has 2 bridgehead atoms. The van der Waals surface area contributed by atoms with Gasteiger partial charge >= 0.3 is 0 Å². The molecular formula is C24H23FN6. The zero-order valence-electron chi connectivity index (χ0n) is 17.3. The lowest BCUT2D eigenvalue weighted by Gasteiger charge is -2.46. The van der Waals surface area contributed by atoms with Gasteiger partial charge in [0.05, 0.1) is 5.69 Å². The largest absolute Gasteiger partial charge is 0.351 e. The first-order valence-electron chi connectivity index (χ1n) is 10.7. The van der Waals surface area contributed by atoms with Gasteiger partial charge in [0.2, 0.25) is 0 Å². The van der Waals surface area contributed by atoms with Gasteiger partial charge in [-0.2, -0.15) is 0 Å². The van der Waals surface area contributed by atoms with Gasteiger partial charge < -0.3 is 10.2 Å². The normalized spacial score (nSPS) is 20.5. The summed E-state index contributed by atoms with van der Waals surface area (Å²) in [5.41, 5.74) is 4.33. The number of rotatable bonds is 3. The molecule has 156 valence electrons. The van der Waals surface area contributed by atoms with Gasteiger partial charge in [0.15, 0.2) is 5.65 Å². The molecule has 4 aromatic rings. The molecule has 3 saturated heterocycles. The third kappa shape index (κ3) is 3.16. The molecule has 0 amide bonds. The summed E-state index contributed by atoms with van der Waals surface area (Å²) in [6.07, 6.45) is 4.22. The monoisotopic (exact) mass is 414 g/mol. The van der Waals surface area contributed by atoms with Crippen LogP contribution in [0.1, 0.15) is 18.5 Å². The van der Waals surface area contributed by atoms with Crippen LogP contribution in [0.3, 0.4) is 0 Å². The van der Waals surface area contributed by atoms with E-state index in [1.165, 1.54) is 25.0 Å². The molecule has 1 aromatic carbocycles. The van der Waals surface area contributed by atoms with Crippen LogP contribution >= 0.6 is 0 Å². The molecule has 6 heterocycles. The van der Waals surface area contributed by atoms with Crippen LogP contribution in [0.2, 0.25) is 0 Å². The lowest BCUT2D eigenvalue weighted by molar-refractivity contribution is 0.289. The van der Waals surface area contributed by atoms with E-state index in [1.807, 2.05) is 25.1 Å². The van der Waals surface area contributed by atoms with Gasteiger partial charge in [0, 0.05) is 42.6 Å². The molecule has 3 aliphatic rings. The van der Waals surface area contributed by atoms with E-state index in [9.17, 15) is 4.39 Å². The third-order valence-electron chi connectivity index (χ3n) is 6.37. The van der Waals surface area contributed by atoms with E-state index < -0.39 is 0 Å². The molecule has 7 heteroatoms. The number of nitrogens with one attached hydrogen (secondary N) is 1. The SMILES string of the molecule is Cc1cc(-n2c(-c3ccc(F)cc3)nc3ccc(N4C[C@H]5CC[C@@H]4CN5)nc32)ccn1. The smallest absolute Gasteiger partial charge is 0.167 e. The minimum Gasteiger partial charge on any atom is -0.351 e. The fourth-order valence-electron chi connectivity index (χ4n) is 4.80. The Morgan fingerprint density at radius 2 is 1.90 bits per heavy atom. The van der Waals surface area contributed by atoms with Crippen molar-refractivity contribution in [2.24, 2.45) is 0 Å². The summed E-state index contributed by atoms with van der Waals surface area (Å²) < 4.78 is 15.6. The van der Waals surface area contributed by atoms with E-state index in [2.05, 4.69) is 25.8 Å². The van der Waals surface area contributed by atoms with Crippen LogP contribution in [0.15, 0.2) is 54.7 Å². The number of hydrogen-bond acceptors (Lipinski definition) is 5. The summed E-state index contributed by atoms with van der Waals surface area (Å²) in [6.45, 7) is 3.96. The predicted molar refractivity (Wildman–Crippen MR) is 119 cm³/mol. The highest BCUT2D eigenvalue weighted by Gasteiger charge is 2.34. The minimum absolute atomic E-state index is 0.264. The van der Waals surface area contributed by atoms with Crippen molar-refractivity contribution < 1.29 is 4.39 Å². The second-order valence-corrected chi connectivity index (χ2v) is 8.43.